The largest absolute Gasteiger partial charge is 0.489 e. The molecule has 2 rings (SSSR count). The summed E-state index contributed by atoms with van der Waals surface area (Å²) in [5, 5.41) is 2.83. The number of carbonyl (C=O) groups is 1. The Kier molecular flexibility index (Phi) is 4.98. The lowest BCUT2D eigenvalue weighted by Crippen LogP contribution is -2.35. The predicted molar refractivity (Wildman–Crippen MR) is 79.0 cm³/mol. The Morgan fingerprint density at radius 1 is 1.43 bits per heavy atom. The second kappa shape index (κ2) is 6.92. The lowest BCUT2D eigenvalue weighted by molar-refractivity contribution is 0.0925. The number of aromatic nitrogens is 1. The number of rotatable bonds is 6. The minimum Gasteiger partial charge on any atom is -0.489 e. The van der Waals surface area contributed by atoms with Crippen molar-refractivity contribution in [3.63, 3.8) is 0 Å². The lowest BCUT2D eigenvalue weighted by atomic mass is 10.2. The lowest BCUT2D eigenvalue weighted by Gasteiger charge is -2.18. The van der Waals surface area contributed by atoms with Crippen molar-refractivity contribution >= 4 is 5.91 Å². The fourth-order valence-electron chi connectivity index (χ4n) is 2.00. The van der Waals surface area contributed by atoms with E-state index in [1.807, 2.05) is 13.8 Å². The summed E-state index contributed by atoms with van der Waals surface area (Å²) in [6.07, 6.45) is 2.24. The highest BCUT2D eigenvalue weighted by atomic mass is 19.1. The number of aryl methyl sites for hydroxylation is 1. The van der Waals surface area contributed by atoms with Gasteiger partial charge in [-0.05, 0) is 31.5 Å². The van der Waals surface area contributed by atoms with Crippen molar-refractivity contribution in [3.8, 4) is 5.75 Å². The number of aromatic amines is 1. The van der Waals surface area contributed by atoms with Gasteiger partial charge in [0.2, 0.25) is 0 Å². The number of H-pyrrole nitrogens is 1. The fourth-order valence-corrected chi connectivity index (χ4v) is 2.00. The number of hydrogen-bond donors (Lipinski definition) is 2. The molecule has 0 saturated heterocycles. The Balaban J connectivity index is 1.91. The summed E-state index contributed by atoms with van der Waals surface area (Å²) in [7, 11) is 0. The summed E-state index contributed by atoms with van der Waals surface area (Å²) in [5.74, 6) is -0.0155. The van der Waals surface area contributed by atoms with Gasteiger partial charge in [0, 0.05) is 18.0 Å². The molecule has 0 aliphatic rings. The van der Waals surface area contributed by atoms with E-state index in [9.17, 15) is 9.18 Å². The fraction of sp³-hybridized carbons (Fsp3) is 0.312. The zero-order valence-corrected chi connectivity index (χ0v) is 12.2. The number of ether oxygens (including phenoxy) is 1. The molecule has 1 heterocycles. The van der Waals surface area contributed by atoms with E-state index >= 15 is 0 Å². The predicted octanol–water partition coefficient (Wildman–Crippen LogP) is 3.05. The summed E-state index contributed by atoms with van der Waals surface area (Å²) >= 11 is 0. The smallest absolute Gasteiger partial charge is 0.253 e. The van der Waals surface area contributed by atoms with E-state index in [1.165, 1.54) is 12.1 Å². The van der Waals surface area contributed by atoms with E-state index in [0.717, 1.165) is 5.69 Å². The van der Waals surface area contributed by atoms with Crippen molar-refractivity contribution in [3.05, 3.63) is 53.6 Å². The van der Waals surface area contributed by atoms with Crippen molar-refractivity contribution in [2.75, 3.05) is 6.54 Å². The normalized spacial score (nSPS) is 12.0. The number of amides is 1. The van der Waals surface area contributed by atoms with Crippen LogP contribution in [0.3, 0.4) is 0 Å². The number of carbonyl (C=O) groups excluding carboxylic acids is 1. The molecule has 0 radical (unpaired) electrons. The molecule has 0 fully saturated rings. The Labute approximate surface area is 123 Å². The summed E-state index contributed by atoms with van der Waals surface area (Å²) in [6.45, 7) is 4.17. The second-order valence-electron chi connectivity index (χ2n) is 4.83. The van der Waals surface area contributed by atoms with Gasteiger partial charge in [0.1, 0.15) is 17.7 Å². The molecule has 2 aromatic rings. The molecule has 1 aromatic heterocycles. The topological polar surface area (TPSA) is 54.1 Å². The molecule has 0 bridgehead atoms. The zero-order valence-electron chi connectivity index (χ0n) is 12.2. The van der Waals surface area contributed by atoms with E-state index in [4.69, 9.17) is 4.74 Å². The van der Waals surface area contributed by atoms with Gasteiger partial charge >= 0.3 is 0 Å². The van der Waals surface area contributed by atoms with E-state index < -0.39 is 0 Å². The van der Waals surface area contributed by atoms with Crippen molar-refractivity contribution in [2.45, 2.75) is 26.4 Å². The van der Waals surface area contributed by atoms with Gasteiger partial charge in [-0.25, -0.2) is 4.39 Å². The molecular formula is C16H19FN2O2. The van der Waals surface area contributed by atoms with Gasteiger partial charge in [0.15, 0.2) is 0 Å². The molecule has 1 amide bonds. The third kappa shape index (κ3) is 4.08. The van der Waals surface area contributed by atoms with Crippen molar-refractivity contribution < 1.29 is 13.9 Å². The number of hydrogen-bond acceptors (Lipinski definition) is 2. The molecule has 0 spiro atoms. The van der Waals surface area contributed by atoms with Crippen LogP contribution in [0.2, 0.25) is 0 Å². The maximum absolute atomic E-state index is 13.1. The first-order valence-corrected chi connectivity index (χ1v) is 6.94. The average molecular weight is 290 g/mol. The number of benzene rings is 1. The monoisotopic (exact) mass is 290 g/mol. The molecule has 0 saturated carbocycles. The zero-order chi connectivity index (χ0) is 15.2. The highest BCUT2D eigenvalue weighted by Crippen LogP contribution is 2.15. The molecule has 5 heteroatoms. The third-order valence-electron chi connectivity index (χ3n) is 3.24. The Hall–Kier alpha value is -2.30. The Morgan fingerprint density at radius 2 is 2.24 bits per heavy atom. The summed E-state index contributed by atoms with van der Waals surface area (Å²) in [5.41, 5.74) is 1.45. The van der Waals surface area contributed by atoms with Crippen LogP contribution in [0.5, 0.6) is 5.75 Å². The molecule has 0 aliphatic heterocycles. The van der Waals surface area contributed by atoms with Crippen LogP contribution in [0.1, 0.15) is 29.4 Å². The molecular weight excluding hydrogens is 271 g/mol. The first-order chi connectivity index (χ1) is 10.1. The Bertz CT molecular complexity index is 610. The number of nitrogens with one attached hydrogen (secondary N) is 2. The second-order valence-corrected chi connectivity index (χ2v) is 4.83. The minimum absolute atomic E-state index is 0.143. The van der Waals surface area contributed by atoms with Gasteiger partial charge in [-0.15, -0.1) is 0 Å². The standard InChI is InChI=1S/C16H19FN2O2/c1-3-13(21-14-6-4-5-12(17)9-14)10-19-16(20)15-7-8-18-11(15)2/h4-9,13,18H,3,10H2,1-2H3,(H,19,20)/t13-/m0/s1. The minimum atomic E-state index is -0.339. The highest BCUT2D eigenvalue weighted by molar-refractivity contribution is 5.95. The van der Waals surface area contributed by atoms with Gasteiger partial charge in [-0.3, -0.25) is 4.79 Å². The molecule has 4 nitrogen and oxygen atoms in total. The molecule has 0 unspecified atom stereocenters. The van der Waals surface area contributed by atoms with Crippen LogP contribution < -0.4 is 10.1 Å². The molecule has 112 valence electrons. The van der Waals surface area contributed by atoms with Crippen LogP contribution in [-0.2, 0) is 0 Å². The van der Waals surface area contributed by atoms with Gasteiger partial charge in [0.25, 0.3) is 5.91 Å². The number of halogens is 1. The van der Waals surface area contributed by atoms with E-state index in [2.05, 4.69) is 10.3 Å². The van der Waals surface area contributed by atoms with Crippen LogP contribution >= 0.6 is 0 Å². The van der Waals surface area contributed by atoms with Gasteiger partial charge in [-0.2, -0.15) is 0 Å². The molecule has 1 atom stereocenters. The van der Waals surface area contributed by atoms with Crippen molar-refractivity contribution in [1.82, 2.24) is 10.3 Å². The summed E-state index contributed by atoms with van der Waals surface area (Å²) in [4.78, 5) is 15.0. The molecule has 2 N–H and O–H groups in total. The van der Waals surface area contributed by atoms with Gasteiger partial charge in [-0.1, -0.05) is 13.0 Å². The molecule has 21 heavy (non-hydrogen) atoms. The van der Waals surface area contributed by atoms with E-state index in [0.29, 0.717) is 24.3 Å². The first kappa shape index (κ1) is 15.1. The van der Waals surface area contributed by atoms with Crippen LogP contribution in [0.4, 0.5) is 4.39 Å². The maximum Gasteiger partial charge on any atom is 0.253 e. The molecule has 0 aliphatic carbocycles. The van der Waals surface area contributed by atoms with Crippen LogP contribution in [0.25, 0.3) is 0 Å². The highest BCUT2D eigenvalue weighted by Gasteiger charge is 2.13. The van der Waals surface area contributed by atoms with E-state index in [-0.39, 0.29) is 17.8 Å². The van der Waals surface area contributed by atoms with Crippen molar-refractivity contribution in [1.29, 1.82) is 0 Å². The van der Waals surface area contributed by atoms with Crippen LogP contribution in [-0.4, -0.2) is 23.5 Å². The molecule has 1 aromatic carbocycles. The third-order valence-corrected chi connectivity index (χ3v) is 3.24. The quantitative estimate of drug-likeness (QED) is 0.859. The summed E-state index contributed by atoms with van der Waals surface area (Å²) < 4.78 is 18.8. The van der Waals surface area contributed by atoms with Crippen LogP contribution in [0.15, 0.2) is 36.5 Å². The first-order valence-electron chi connectivity index (χ1n) is 6.94. The maximum atomic E-state index is 13.1. The SMILES string of the molecule is CC[C@@H](CNC(=O)c1cc[nH]c1C)Oc1cccc(F)c1. The van der Waals surface area contributed by atoms with E-state index in [1.54, 1.807) is 24.4 Å². The Morgan fingerprint density at radius 3 is 2.86 bits per heavy atom. The average Bonchev–Trinajstić information content (AvgIpc) is 2.89. The van der Waals surface area contributed by atoms with Crippen LogP contribution in [0, 0.1) is 12.7 Å². The summed E-state index contributed by atoms with van der Waals surface area (Å²) in [6, 6.07) is 7.73. The van der Waals surface area contributed by atoms with Crippen molar-refractivity contribution in [2.24, 2.45) is 0 Å². The van der Waals surface area contributed by atoms with Gasteiger partial charge < -0.3 is 15.0 Å². The van der Waals surface area contributed by atoms with Gasteiger partial charge in [0.05, 0.1) is 12.1 Å².